The minimum atomic E-state index is -0.266. The summed E-state index contributed by atoms with van der Waals surface area (Å²) in [6, 6.07) is 9.20. The van der Waals surface area contributed by atoms with Gasteiger partial charge >= 0.3 is 0 Å². The van der Waals surface area contributed by atoms with E-state index in [-0.39, 0.29) is 17.8 Å². The van der Waals surface area contributed by atoms with Gasteiger partial charge in [0.25, 0.3) is 0 Å². The number of nitrogens with one attached hydrogen (secondary N) is 1. The molecule has 1 aromatic carbocycles. The van der Waals surface area contributed by atoms with Crippen LogP contribution in [0, 0.1) is 12.8 Å². The molecule has 1 amide bonds. The lowest BCUT2D eigenvalue weighted by Gasteiger charge is -2.43. The topological polar surface area (TPSA) is 32.3 Å². The predicted molar refractivity (Wildman–Crippen MR) is 114 cm³/mol. The first-order valence-corrected chi connectivity index (χ1v) is 10.8. The number of aryl methyl sites for hydroxylation is 1. The Morgan fingerprint density at radius 3 is 2.37 bits per heavy atom. The zero-order valence-corrected chi connectivity index (χ0v) is 17.5. The highest BCUT2D eigenvalue weighted by Gasteiger charge is 2.44. The van der Waals surface area contributed by atoms with Crippen LogP contribution in [-0.4, -0.2) is 36.5 Å². The second kappa shape index (κ2) is 8.96. The molecule has 1 aliphatic heterocycles. The quantitative estimate of drug-likeness (QED) is 0.796. The fourth-order valence-electron chi connectivity index (χ4n) is 5.11. The van der Waals surface area contributed by atoms with Gasteiger partial charge in [0.1, 0.15) is 0 Å². The van der Waals surface area contributed by atoms with Gasteiger partial charge in [-0.1, -0.05) is 43.5 Å². The minimum Gasteiger partial charge on any atom is -0.342 e. The van der Waals surface area contributed by atoms with Crippen LogP contribution in [-0.2, 0) is 10.2 Å². The van der Waals surface area contributed by atoms with Crippen molar-refractivity contribution in [3.05, 3.63) is 35.4 Å². The van der Waals surface area contributed by atoms with Crippen LogP contribution in [0.25, 0.3) is 0 Å². The van der Waals surface area contributed by atoms with Crippen molar-refractivity contribution in [2.24, 2.45) is 5.92 Å². The lowest BCUT2D eigenvalue weighted by atomic mass is 9.67. The van der Waals surface area contributed by atoms with Crippen LogP contribution in [0.5, 0.6) is 0 Å². The van der Waals surface area contributed by atoms with Crippen LogP contribution < -0.4 is 5.32 Å². The van der Waals surface area contributed by atoms with Gasteiger partial charge in [0.15, 0.2) is 0 Å². The van der Waals surface area contributed by atoms with E-state index in [4.69, 9.17) is 0 Å². The molecule has 0 unspecified atom stereocenters. The first-order chi connectivity index (χ1) is 12.7. The van der Waals surface area contributed by atoms with Crippen molar-refractivity contribution in [3.8, 4) is 0 Å². The van der Waals surface area contributed by atoms with Crippen molar-refractivity contribution in [3.63, 3.8) is 0 Å². The molecular formula is C23H35ClN2O. The number of hydrogen-bond donors (Lipinski definition) is 1. The van der Waals surface area contributed by atoms with Crippen LogP contribution in [0.1, 0.15) is 68.9 Å². The number of likely N-dealkylation sites (tertiary alicyclic amines) is 1. The van der Waals surface area contributed by atoms with Gasteiger partial charge in [-0.05, 0) is 69.0 Å². The van der Waals surface area contributed by atoms with Gasteiger partial charge in [0.05, 0.1) is 5.41 Å². The van der Waals surface area contributed by atoms with Gasteiger partial charge in [-0.2, -0.15) is 0 Å². The lowest BCUT2D eigenvalue weighted by Crippen LogP contribution is -2.53. The molecule has 4 rings (SSSR count). The normalized spacial score (nSPS) is 22.9. The molecule has 1 heterocycles. The van der Waals surface area contributed by atoms with E-state index in [1.54, 1.807) is 0 Å². The Balaban J connectivity index is 0.00000210. The van der Waals surface area contributed by atoms with Gasteiger partial charge < -0.3 is 10.2 Å². The Labute approximate surface area is 170 Å². The van der Waals surface area contributed by atoms with Gasteiger partial charge in [0.2, 0.25) is 5.91 Å². The Hall–Kier alpha value is -1.06. The van der Waals surface area contributed by atoms with E-state index in [1.807, 2.05) is 0 Å². The van der Waals surface area contributed by atoms with Crippen molar-refractivity contribution in [2.45, 2.75) is 76.2 Å². The van der Waals surface area contributed by atoms with E-state index < -0.39 is 0 Å². The molecule has 2 saturated carbocycles. The largest absolute Gasteiger partial charge is 0.342 e. The Kier molecular flexibility index (Phi) is 6.86. The number of carbonyl (C=O) groups is 1. The van der Waals surface area contributed by atoms with Gasteiger partial charge in [-0.25, -0.2) is 0 Å². The lowest BCUT2D eigenvalue weighted by molar-refractivity contribution is -0.140. The average Bonchev–Trinajstić information content (AvgIpc) is 3.52. The molecule has 0 atom stereocenters. The highest BCUT2D eigenvalue weighted by atomic mass is 35.5. The van der Waals surface area contributed by atoms with Crippen LogP contribution in [0.3, 0.4) is 0 Å². The first-order valence-electron chi connectivity index (χ1n) is 10.8. The highest BCUT2D eigenvalue weighted by molar-refractivity contribution is 5.89. The highest BCUT2D eigenvalue weighted by Crippen LogP contribution is 2.42. The number of halogens is 1. The second-order valence-corrected chi connectivity index (χ2v) is 8.88. The third-order valence-electron chi connectivity index (χ3n) is 6.95. The fraction of sp³-hybridized carbons (Fsp3) is 0.696. The maximum Gasteiger partial charge on any atom is 0.233 e. The molecule has 27 heavy (non-hydrogen) atoms. The summed E-state index contributed by atoms with van der Waals surface area (Å²) in [7, 11) is 0. The summed E-state index contributed by atoms with van der Waals surface area (Å²) in [6.45, 7) is 5.21. The molecule has 1 aromatic rings. The molecule has 3 nitrogen and oxygen atoms in total. The number of carbonyl (C=O) groups excluding carboxylic acids is 1. The summed E-state index contributed by atoms with van der Waals surface area (Å²) in [6.07, 6.45) is 10.7. The molecule has 2 aliphatic carbocycles. The summed E-state index contributed by atoms with van der Waals surface area (Å²) in [5, 5.41) is 3.73. The summed E-state index contributed by atoms with van der Waals surface area (Å²) in [4.78, 5) is 15.9. The van der Waals surface area contributed by atoms with E-state index in [2.05, 4.69) is 41.4 Å². The number of benzene rings is 1. The number of rotatable bonds is 5. The number of piperidine rings is 1. The van der Waals surface area contributed by atoms with E-state index in [0.29, 0.717) is 11.9 Å². The molecule has 4 heteroatoms. The van der Waals surface area contributed by atoms with Crippen molar-refractivity contribution in [1.82, 2.24) is 10.2 Å². The maximum absolute atomic E-state index is 13.7. The van der Waals surface area contributed by atoms with Crippen LogP contribution in [0.15, 0.2) is 24.3 Å². The third kappa shape index (κ3) is 4.51. The SMILES string of the molecule is Cc1ccccc1C1(C(=O)N2CCC(NCC3CC3)CC2)CCCCC1.Cl. The summed E-state index contributed by atoms with van der Waals surface area (Å²) >= 11 is 0. The standard InChI is InChI=1S/C23H34N2O.ClH/c1-18-7-3-4-8-21(18)23(13-5-2-6-14-23)22(26)25-15-11-20(12-16-25)24-17-19-9-10-19;/h3-4,7-8,19-20,24H,2,5-6,9-17H2,1H3;1H. The number of nitrogens with zero attached hydrogens (tertiary/aromatic N) is 1. The minimum absolute atomic E-state index is 0. The van der Waals surface area contributed by atoms with Crippen molar-refractivity contribution in [1.29, 1.82) is 0 Å². The van der Waals surface area contributed by atoms with E-state index in [1.165, 1.54) is 49.8 Å². The third-order valence-corrected chi connectivity index (χ3v) is 6.95. The second-order valence-electron chi connectivity index (χ2n) is 8.88. The monoisotopic (exact) mass is 390 g/mol. The van der Waals surface area contributed by atoms with Gasteiger partial charge in [-0.3, -0.25) is 4.79 Å². The number of hydrogen-bond acceptors (Lipinski definition) is 2. The summed E-state index contributed by atoms with van der Waals surface area (Å²) in [5.41, 5.74) is 2.31. The molecule has 3 aliphatic rings. The smallest absolute Gasteiger partial charge is 0.233 e. The Bertz CT molecular complexity index is 629. The molecule has 150 valence electrons. The van der Waals surface area contributed by atoms with Crippen molar-refractivity contribution >= 4 is 18.3 Å². The van der Waals surface area contributed by atoms with Crippen molar-refractivity contribution in [2.75, 3.05) is 19.6 Å². The molecule has 0 spiro atoms. The molecule has 0 bridgehead atoms. The van der Waals surface area contributed by atoms with Gasteiger partial charge in [0, 0.05) is 19.1 Å². The first kappa shape index (κ1) is 20.7. The summed E-state index contributed by atoms with van der Waals surface area (Å²) < 4.78 is 0. The van der Waals surface area contributed by atoms with Crippen molar-refractivity contribution < 1.29 is 4.79 Å². The average molecular weight is 391 g/mol. The molecule has 0 aromatic heterocycles. The van der Waals surface area contributed by atoms with Crippen LogP contribution in [0.4, 0.5) is 0 Å². The maximum atomic E-state index is 13.7. The van der Waals surface area contributed by atoms with E-state index in [0.717, 1.165) is 44.7 Å². The Morgan fingerprint density at radius 2 is 1.74 bits per heavy atom. The van der Waals surface area contributed by atoms with E-state index in [9.17, 15) is 4.79 Å². The molecule has 0 radical (unpaired) electrons. The molecule has 1 N–H and O–H groups in total. The molecule has 1 saturated heterocycles. The zero-order valence-electron chi connectivity index (χ0n) is 16.7. The molecule has 3 fully saturated rings. The summed E-state index contributed by atoms with van der Waals surface area (Å²) in [5.74, 6) is 1.34. The molecular weight excluding hydrogens is 356 g/mol. The predicted octanol–water partition coefficient (Wildman–Crippen LogP) is 4.61. The zero-order chi connectivity index (χ0) is 18.0. The number of amides is 1. The van der Waals surface area contributed by atoms with Crippen LogP contribution >= 0.6 is 12.4 Å². The Morgan fingerprint density at radius 1 is 1.07 bits per heavy atom. The van der Waals surface area contributed by atoms with Crippen LogP contribution in [0.2, 0.25) is 0 Å². The van der Waals surface area contributed by atoms with E-state index >= 15 is 0 Å². The van der Waals surface area contributed by atoms with Gasteiger partial charge in [-0.15, -0.1) is 12.4 Å². The fourth-order valence-corrected chi connectivity index (χ4v) is 5.11.